The number of hydrogen-bond donors (Lipinski definition) is 1. The van der Waals surface area contributed by atoms with Gasteiger partial charge in [0.05, 0.1) is 25.7 Å². The molecule has 0 aliphatic carbocycles. The molecule has 0 aliphatic heterocycles. The standard InChI is InChI=1S/C33H31Cl3FN3O4S/c1-2-17-38-33(42)31(19-23-9-5-3-6-10-23)39(21-24-13-15-27(34)28(35)18-24)32(41)22-40(25-14-16-30(37)29(36)20-25)45(43,44)26-11-7-4-8-12-26/h3-16,18,20,31H,2,17,19,21-22H2,1H3,(H,38,42). The Morgan fingerprint density at radius 1 is 0.822 bits per heavy atom. The molecule has 4 rings (SSSR count). The lowest BCUT2D eigenvalue weighted by Gasteiger charge is -2.34. The molecule has 0 saturated carbocycles. The van der Waals surface area contributed by atoms with Gasteiger partial charge >= 0.3 is 0 Å². The first-order valence-corrected chi connectivity index (χ1v) is 16.7. The maximum absolute atomic E-state index is 14.4. The second kappa shape index (κ2) is 15.6. The van der Waals surface area contributed by atoms with Gasteiger partial charge in [-0.15, -0.1) is 0 Å². The van der Waals surface area contributed by atoms with Crippen molar-refractivity contribution in [1.29, 1.82) is 0 Å². The molecule has 236 valence electrons. The van der Waals surface area contributed by atoms with Crippen molar-refractivity contribution in [2.75, 3.05) is 17.4 Å². The number of benzene rings is 4. The van der Waals surface area contributed by atoms with Crippen LogP contribution in [0.2, 0.25) is 15.1 Å². The van der Waals surface area contributed by atoms with Crippen LogP contribution in [0.15, 0.2) is 102 Å². The Morgan fingerprint density at radius 3 is 2.11 bits per heavy atom. The van der Waals surface area contributed by atoms with Crippen molar-refractivity contribution < 1.29 is 22.4 Å². The monoisotopic (exact) mass is 689 g/mol. The zero-order valence-corrected chi connectivity index (χ0v) is 27.4. The minimum Gasteiger partial charge on any atom is -0.354 e. The van der Waals surface area contributed by atoms with E-state index in [1.807, 2.05) is 37.3 Å². The number of anilines is 1. The maximum Gasteiger partial charge on any atom is 0.264 e. The largest absolute Gasteiger partial charge is 0.354 e. The van der Waals surface area contributed by atoms with E-state index in [0.717, 1.165) is 22.0 Å². The van der Waals surface area contributed by atoms with Crippen LogP contribution >= 0.6 is 34.8 Å². The van der Waals surface area contributed by atoms with Crippen LogP contribution in [-0.4, -0.2) is 44.3 Å². The number of halogens is 4. The average Bonchev–Trinajstić information content (AvgIpc) is 3.04. The van der Waals surface area contributed by atoms with E-state index in [-0.39, 0.29) is 33.6 Å². The summed E-state index contributed by atoms with van der Waals surface area (Å²) in [7, 11) is -4.35. The summed E-state index contributed by atoms with van der Waals surface area (Å²) in [6.07, 6.45) is 0.816. The Bertz CT molecular complexity index is 1750. The van der Waals surface area contributed by atoms with Crippen molar-refractivity contribution in [3.8, 4) is 0 Å². The molecule has 2 amide bonds. The smallest absolute Gasteiger partial charge is 0.264 e. The molecule has 1 atom stereocenters. The van der Waals surface area contributed by atoms with Gasteiger partial charge in [-0.3, -0.25) is 13.9 Å². The quantitative estimate of drug-likeness (QED) is 0.162. The molecule has 0 spiro atoms. The number of amides is 2. The number of hydrogen-bond acceptors (Lipinski definition) is 4. The van der Waals surface area contributed by atoms with Crippen LogP contribution < -0.4 is 9.62 Å². The summed E-state index contributed by atoms with van der Waals surface area (Å²) >= 11 is 18.5. The Hall–Kier alpha value is -3.63. The molecule has 1 unspecified atom stereocenters. The van der Waals surface area contributed by atoms with Gasteiger partial charge in [0.2, 0.25) is 11.8 Å². The summed E-state index contributed by atoms with van der Waals surface area (Å²) in [5, 5.41) is 3.13. The number of rotatable bonds is 13. The fourth-order valence-corrected chi connectivity index (χ4v) is 6.57. The summed E-state index contributed by atoms with van der Waals surface area (Å²) in [4.78, 5) is 29.3. The number of carbonyl (C=O) groups excluding carboxylic acids is 2. The minimum absolute atomic E-state index is 0.0249. The Balaban J connectivity index is 1.82. The Labute approximate surface area is 277 Å². The van der Waals surface area contributed by atoms with Gasteiger partial charge in [-0.25, -0.2) is 12.8 Å². The van der Waals surface area contributed by atoms with Crippen LogP contribution in [0, 0.1) is 5.82 Å². The molecule has 1 N–H and O–H groups in total. The summed E-state index contributed by atoms with van der Waals surface area (Å²) in [6.45, 7) is 1.48. The highest BCUT2D eigenvalue weighted by atomic mass is 35.5. The number of nitrogens with one attached hydrogen (secondary N) is 1. The van der Waals surface area contributed by atoms with Crippen LogP contribution in [-0.2, 0) is 32.6 Å². The SMILES string of the molecule is CCCNC(=O)C(Cc1ccccc1)N(Cc1ccc(Cl)c(Cl)c1)C(=O)CN(c1ccc(F)c(Cl)c1)S(=O)(=O)c1ccccc1. The second-order valence-corrected chi connectivity index (χ2v) is 13.3. The third-order valence-electron chi connectivity index (χ3n) is 6.96. The van der Waals surface area contributed by atoms with E-state index in [4.69, 9.17) is 34.8 Å². The molecule has 12 heteroatoms. The fourth-order valence-electron chi connectivity index (χ4n) is 4.64. The van der Waals surface area contributed by atoms with Gasteiger partial charge in [-0.2, -0.15) is 0 Å². The number of nitrogens with zero attached hydrogens (tertiary/aromatic N) is 2. The van der Waals surface area contributed by atoms with Crippen molar-refractivity contribution in [3.63, 3.8) is 0 Å². The maximum atomic E-state index is 14.4. The molecule has 0 aliphatic rings. The minimum atomic E-state index is -4.35. The molecule has 0 bridgehead atoms. The lowest BCUT2D eigenvalue weighted by atomic mass is 10.0. The van der Waals surface area contributed by atoms with Crippen LogP contribution in [0.4, 0.5) is 10.1 Å². The van der Waals surface area contributed by atoms with E-state index in [9.17, 15) is 22.4 Å². The zero-order valence-electron chi connectivity index (χ0n) is 24.3. The number of sulfonamides is 1. The van der Waals surface area contributed by atoms with Crippen molar-refractivity contribution in [2.45, 2.75) is 37.2 Å². The second-order valence-electron chi connectivity index (χ2n) is 10.2. The molecule has 7 nitrogen and oxygen atoms in total. The van der Waals surface area contributed by atoms with Crippen LogP contribution in [0.3, 0.4) is 0 Å². The first-order chi connectivity index (χ1) is 21.5. The third kappa shape index (κ3) is 8.76. The lowest BCUT2D eigenvalue weighted by molar-refractivity contribution is -0.140. The molecule has 45 heavy (non-hydrogen) atoms. The highest BCUT2D eigenvalue weighted by Gasteiger charge is 2.34. The normalized spacial score (nSPS) is 11.9. The molecule has 0 aromatic heterocycles. The number of carbonyl (C=O) groups is 2. The fraction of sp³-hybridized carbons (Fsp3) is 0.212. The summed E-state index contributed by atoms with van der Waals surface area (Å²) < 4.78 is 42.9. The summed E-state index contributed by atoms with van der Waals surface area (Å²) in [5.74, 6) is -1.84. The molecular formula is C33H31Cl3FN3O4S. The van der Waals surface area contributed by atoms with Crippen molar-refractivity contribution in [1.82, 2.24) is 10.2 Å². The molecule has 0 radical (unpaired) electrons. The van der Waals surface area contributed by atoms with Crippen LogP contribution in [0.5, 0.6) is 0 Å². The van der Waals surface area contributed by atoms with Gasteiger partial charge in [0.25, 0.3) is 10.0 Å². The van der Waals surface area contributed by atoms with Gasteiger partial charge in [-0.1, -0.05) is 96.3 Å². The van der Waals surface area contributed by atoms with E-state index in [1.165, 1.54) is 23.1 Å². The van der Waals surface area contributed by atoms with Crippen molar-refractivity contribution in [2.24, 2.45) is 0 Å². The molecule has 0 heterocycles. The van der Waals surface area contributed by atoms with Gasteiger partial charge in [0.15, 0.2) is 0 Å². The zero-order chi connectivity index (χ0) is 32.6. The third-order valence-corrected chi connectivity index (χ3v) is 9.78. The average molecular weight is 691 g/mol. The molecule has 4 aromatic rings. The first-order valence-electron chi connectivity index (χ1n) is 14.1. The lowest BCUT2D eigenvalue weighted by Crippen LogP contribution is -2.53. The van der Waals surface area contributed by atoms with Gasteiger partial charge in [0.1, 0.15) is 18.4 Å². The summed E-state index contributed by atoms with van der Waals surface area (Å²) in [6, 6.07) is 23.9. The topological polar surface area (TPSA) is 86.8 Å². The van der Waals surface area contributed by atoms with Gasteiger partial charge < -0.3 is 10.2 Å². The van der Waals surface area contributed by atoms with Crippen molar-refractivity contribution >= 4 is 62.3 Å². The molecular weight excluding hydrogens is 660 g/mol. The first kappa shape index (κ1) is 34.2. The van der Waals surface area contributed by atoms with Gasteiger partial charge in [0, 0.05) is 19.5 Å². The predicted molar refractivity (Wildman–Crippen MR) is 177 cm³/mol. The van der Waals surface area contributed by atoms with E-state index >= 15 is 0 Å². The van der Waals surface area contributed by atoms with E-state index in [2.05, 4.69) is 5.32 Å². The van der Waals surface area contributed by atoms with Crippen LogP contribution in [0.1, 0.15) is 24.5 Å². The van der Waals surface area contributed by atoms with E-state index in [0.29, 0.717) is 23.6 Å². The van der Waals surface area contributed by atoms with Crippen molar-refractivity contribution in [3.05, 3.63) is 129 Å². The summed E-state index contributed by atoms with van der Waals surface area (Å²) in [5.41, 5.74) is 1.34. The Kier molecular flexibility index (Phi) is 11.9. The molecule has 0 fully saturated rings. The molecule has 4 aromatic carbocycles. The highest BCUT2D eigenvalue weighted by molar-refractivity contribution is 7.92. The highest BCUT2D eigenvalue weighted by Crippen LogP contribution is 2.29. The van der Waals surface area contributed by atoms with Crippen LogP contribution in [0.25, 0.3) is 0 Å². The Morgan fingerprint density at radius 2 is 1.49 bits per heavy atom. The predicted octanol–water partition coefficient (Wildman–Crippen LogP) is 7.15. The van der Waals surface area contributed by atoms with Gasteiger partial charge in [-0.05, 0) is 60.0 Å². The van der Waals surface area contributed by atoms with E-state index in [1.54, 1.807) is 36.4 Å². The van der Waals surface area contributed by atoms with E-state index < -0.39 is 40.2 Å². The molecule has 0 saturated heterocycles.